The molecule has 0 aliphatic heterocycles. The third-order valence-electron chi connectivity index (χ3n) is 6.54. The summed E-state index contributed by atoms with van der Waals surface area (Å²) in [6, 6.07) is 3.65. The van der Waals surface area contributed by atoms with E-state index in [0.717, 1.165) is 23.5 Å². The van der Waals surface area contributed by atoms with Crippen LogP contribution in [0, 0.1) is 23.2 Å². The lowest BCUT2D eigenvalue weighted by Crippen LogP contribution is -2.48. The van der Waals surface area contributed by atoms with Gasteiger partial charge in [-0.25, -0.2) is 0 Å². The Morgan fingerprint density at radius 2 is 1.84 bits per heavy atom. The van der Waals surface area contributed by atoms with Crippen molar-refractivity contribution in [2.45, 2.75) is 51.5 Å². The number of carbonyl (C=O) groups excluding carboxylic acids is 2. The van der Waals surface area contributed by atoms with Gasteiger partial charge in [-0.15, -0.1) is 0 Å². The molecule has 1 N–H and O–H groups in total. The van der Waals surface area contributed by atoms with E-state index in [1.54, 1.807) is 24.3 Å². The van der Waals surface area contributed by atoms with Crippen molar-refractivity contribution >= 4 is 11.8 Å². The number of hydrogen-bond acceptors (Lipinski definition) is 3. The molecule has 0 radical (unpaired) electrons. The van der Waals surface area contributed by atoms with Crippen molar-refractivity contribution in [1.82, 2.24) is 10.2 Å². The minimum Gasteiger partial charge on any atom is -0.467 e. The fraction of sp³-hybridized carbons (Fsp3) is 0.700. The highest BCUT2D eigenvalue weighted by molar-refractivity contribution is 5.84. The summed E-state index contributed by atoms with van der Waals surface area (Å²) in [6.07, 6.45) is 10.0. The van der Waals surface area contributed by atoms with Crippen LogP contribution in [0.4, 0.5) is 0 Å². The Bertz CT molecular complexity index is 602. The molecule has 25 heavy (non-hydrogen) atoms. The van der Waals surface area contributed by atoms with Gasteiger partial charge in [-0.1, -0.05) is 0 Å². The average molecular weight is 344 g/mol. The van der Waals surface area contributed by atoms with Crippen LogP contribution >= 0.6 is 0 Å². The molecule has 5 nitrogen and oxygen atoms in total. The van der Waals surface area contributed by atoms with E-state index in [-0.39, 0.29) is 23.8 Å². The number of hydrogen-bond donors (Lipinski definition) is 1. The Hall–Kier alpha value is -1.78. The smallest absolute Gasteiger partial charge is 0.242 e. The van der Waals surface area contributed by atoms with Crippen molar-refractivity contribution in [2.75, 3.05) is 13.6 Å². The molecule has 0 aromatic carbocycles. The van der Waals surface area contributed by atoms with Gasteiger partial charge in [0.25, 0.3) is 0 Å². The van der Waals surface area contributed by atoms with Gasteiger partial charge in [-0.2, -0.15) is 0 Å². The summed E-state index contributed by atoms with van der Waals surface area (Å²) in [4.78, 5) is 26.3. The van der Waals surface area contributed by atoms with Crippen LogP contribution in [0.25, 0.3) is 0 Å². The Balaban J connectivity index is 1.26. The first kappa shape index (κ1) is 16.7. The molecule has 1 heterocycles. The van der Waals surface area contributed by atoms with Crippen LogP contribution in [0.1, 0.15) is 50.7 Å². The number of likely N-dealkylation sites (N-methyl/N-ethyl adjacent to an activating group) is 1. The second kappa shape index (κ2) is 6.50. The van der Waals surface area contributed by atoms with E-state index in [1.807, 2.05) is 6.07 Å². The number of furan rings is 1. The predicted octanol–water partition coefficient (Wildman–Crippen LogP) is 2.96. The van der Waals surface area contributed by atoms with Crippen molar-refractivity contribution in [1.29, 1.82) is 0 Å². The molecule has 5 heteroatoms. The van der Waals surface area contributed by atoms with E-state index >= 15 is 0 Å². The first-order chi connectivity index (χ1) is 12.0. The largest absolute Gasteiger partial charge is 0.467 e. The van der Waals surface area contributed by atoms with Gasteiger partial charge in [0.15, 0.2) is 0 Å². The number of rotatable bonds is 6. The zero-order chi connectivity index (χ0) is 17.4. The highest BCUT2D eigenvalue weighted by atomic mass is 16.3. The summed E-state index contributed by atoms with van der Waals surface area (Å²) in [6.45, 7) is 0.499. The number of amides is 2. The van der Waals surface area contributed by atoms with Gasteiger partial charge in [0.2, 0.25) is 11.8 Å². The standard InChI is InChI=1S/C20H28N2O3/c1-22(13-17-3-2-4-25-17)19(24)12-21-18(23)11-20-8-14-5-15(9-20)7-16(6-14)10-20/h2-4,14-16H,5-13H2,1H3,(H,21,23). The Morgan fingerprint density at radius 1 is 1.20 bits per heavy atom. The number of nitrogens with one attached hydrogen (secondary N) is 1. The lowest BCUT2D eigenvalue weighted by molar-refractivity contribution is -0.135. The van der Waals surface area contributed by atoms with Crippen LogP contribution in [-0.4, -0.2) is 30.3 Å². The van der Waals surface area contributed by atoms with Gasteiger partial charge in [0, 0.05) is 13.5 Å². The zero-order valence-corrected chi connectivity index (χ0v) is 15.0. The average Bonchev–Trinajstić information content (AvgIpc) is 3.03. The Morgan fingerprint density at radius 3 is 2.40 bits per heavy atom. The van der Waals surface area contributed by atoms with E-state index in [2.05, 4.69) is 5.32 Å². The monoisotopic (exact) mass is 344 g/mol. The van der Waals surface area contributed by atoms with Crippen molar-refractivity contribution in [3.05, 3.63) is 24.2 Å². The van der Waals surface area contributed by atoms with Gasteiger partial charge in [0.1, 0.15) is 5.76 Å². The summed E-state index contributed by atoms with van der Waals surface area (Å²) in [7, 11) is 1.73. The maximum Gasteiger partial charge on any atom is 0.242 e. The minimum absolute atomic E-state index is 0.0432. The van der Waals surface area contributed by atoms with Gasteiger partial charge in [-0.3, -0.25) is 9.59 Å². The Kier molecular flexibility index (Phi) is 4.34. The van der Waals surface area contributed by atoms with Gasteiger partial charge in [0.05, 0.1) is 19.4 Å². The maximum atomic E-state index is 12.5. The first-order valence-electron chi connectivity index (χ1n) is 9.54. The number of carbonyl (C=O) groups is 2. The fourth-order valence-corrected chi connectivity index (χ4v) is 5.94. The van der Waals surface area contributed by atoms with Crippen molar-refractivity contribution in [3.8, 4) is 0 Å². The van der Waals surface area contributed by atoms with Crippen molar-refractivity contribution in [3.63, 3.8) is 0 Å². The quantitative estimate of drug-likeness (QED) is 0.863. The number of nitrogens with zero attached hydrogens (tertiary/aromatic N) is 1. The molecule has 0 atom stereocenters. The van der Waals surface area contributed by atoms with Crippen molar-refractivity contribution in [2.24, 2.45) is 23.2 Å². The highest BCUT2D eigenvalue weighted by Gasteiger charge is 2.51. The summed E-state index contributed by atoms with van der Waals surface area (Å²) in [5.74, 6) is 3.24. The predicted molar refractivity (Wildman–Crippen MR) is 93.4 cm³/mol. The fourth-order valence-electron chi connectivity index (χ4n) is 5.94. The summed E-state index contributed by atoms with van der Waals surface area (Å²) in [5, 5.41) is 2.86. The molecular formula is C20H28N2O3. The Labute approximate surface area is 149 Å². The molecule has 0 spiro atoms. The lowest BCUT2D eigenvalue weighted by atomic mass is 9.49. The third kappa shape index (κ3) is 3.60. The van der Waals surface area contributed by atoms with Crippen LogP contribution < -0.4 is 5.32 Å². The highest BCUT2D eigenvalue weighted by Crippen LogP contribution is 2.61. The third-order valence-corrected chi connectivity index (χ3v) is 6.54. The second-order valence-corrected chi connectivity index (χ2v) is 8.70. The summed E-state index contributed by atoms with van der Waals surface area (Å²) < 4.78 is 5.26. The molecule has 0 saturated heterocycles. The SMILES string of the molecule is CN(Cc1ccco1)C(=O)CNC(=O)CC12CC3CC(CC(C3)C1)C2. The van der Waals surface area contributed by atoms with E-state index < -0.39 is 0 Å². The molecule has 1 aromatic heterocycles. The minimum atomic E-state index is -0.0877. The normalized spacial score (nSPS) is 32.6. The van der Waals surface area contributed by atoms with Gasteiger partial charge in [-0.05, 0) is 73.8 Å². The molecule has 0 unspecified atom stereocenters. The van der Waals surface area contributed by atoms with Gasteiger partial charge >= 0.3 is 0 Å². The van der Waals surface area contributed by atoms with Crippen molar-refractivity contribution < 1.29 is 14.0 Å². The summed E-state index contributed by atoms with van der Waals surface area (Å²) in [5.41, 5.74) is 0.224. The first-order valence-corrected chi connectivity index (χ1v) is 9.54. The molecule has 4 saturated carbocycles. The van der Waals surface area contributed by atoms with Crippen LogP contribution in [0.5, 0.6) is 0 Å². The van der Waals surface area contributed by atoms with E-state index in [9.17, 15) is 9.59 Å². The molecule has 4 fully saturated rings. The maximum absolute atomic E-state index is 12.5. The van der Waals surface area contributed by atoms with Crippen LogP contribution in [-0.2, 0) is 16.1 Å². The van der Waals surface area contributed by atoms with Crippen LogP contribution in [0.3, 0.4) is 0 Å². The molecule has 4 aliphatic carbocycles. The van der Waals surface area contributed by atoms with E-state index in [0.29, 0.717) is 13.0 Å². The second-order valence-electron chi connectivity index (χ2n) is 8.70. The van der Waals surface area contributed by atoms with E-state index in [4.69, 9.17) is 4.42 Å². The van der Waals surface area contributed by atoms with E-state index in [1.165, 1.54) is 38.5 Å². The topological polar surface area (TPSA) is 62.6 Å². The van der Waals surface area contributed by atoms with Crippen LogP contribution in [0.15, 0.2) is 22.8 Å². The molecule has 4 bridgehead atoms. The zero-order valence-electron chi connectivity index (χ0n) is 15.0. The molecule has 4 aliphatic rings. The van der Waals surface area contributed by atoms with Gasteiger partial charge < -0.3 is 14.6 Å². The molecule has 5 rings (SSSR count). The molecule has 1 aromatic rings. The summed E-state index contributed by atoms with van der Waals surface area (Å²) >= 11 is 0. The molecule has 2 amide bonds. The molecular weight excluding hydrogens is 316 g/mol. The lowest BCUT2D eigenvalue weighted by Gasteiger charge is -2.56. The molecule has 136 valence electrons. The van der Waals surface area contributed by atoms with Crippen LogP contribution in [0.2, 0.25) is 0 Å².